The lowest BCUT2D eigenvalue weighted by Gasteiger charge is -2.16. The first kappa shape index (κ1) is 15.3. The Bertz CT molecular complexity index is 758. The molecule has 0 aliphatic heterocycles. The number of para-hydroxylation sites is 1. The molecule has 0 bridgehead atoms. The number of rotatable bonds is 3. The summed E-state index contributed by atoms with van der Waals surface area (Å²) in [6.07, 6.45) is 0. The van der Waals surface area contributed by atoms with E-state index in [0.29, 0.717) is 22.5 Å². The predicted octanol–water partition coefficient (Wildman–Crippen LogP) is 3.13. The number of benzene rings is 2. The molecule has 2 aromatic carbocycles. The number of hydrogen-bond acceptors (Lipinski definition) is 3. The van der Waals surface area contributed by atoms with E-state index >= 15 is 0 Å². The van der Waals surface area contributed by atoms with E-state index in [1.807, 2.05) is 0 Å². The van der Waals surface area contributed by atoms with Crippen molar-refractivity contribution in [2.45, 2.75) is 25.7 Å². The molecule has 0 atom stereocenters. The third-order valence-electron chi connectivity index (χ3n) is 3.24. The van der Waals surface area contributed by atoms with Gasteiger partial charge in [0.1, 0.15) is 5.82 Å². The fourth-order valence-electron chi connectivity index (χ4n) is 2.34. The highest BCUT2D eigenvalue weighted by Crippen LogP contribution is 2.28. The van der Waals surface area contributed by atoms with Crippen molar-refractivity contribution in [3.63, 3.8) is 0 Å². The summed E-state index contributed by atoms with van der Waals surface area (Å²) >= 11 is 0. The fraction of sp³-hybridized carbons (Fsp3) is 0.200. The van der Waals surface area contributed by atoms with E-state index in [1.54, 1.807) is 39.0 Å². The van der Waals surface area contributed by atoms with Crippen LogP contribution in [-0.2, 0) is 10.0 Å². The van der Waals surface area contributed by atoms with Gasteiger partial charge in [-0.15, -0.1) is 0 Å². The summed E-state index contributed by atoms with van der Waals surface area (Å²) in [6, 6.07) is 7.52. The van der Waals surface area contributed by atoms with Crippen LogP contribution < -0.4 is 10.5 Å². The molecule has 0 radical (unpaired) electrons. The van der Waals surface area contributed by atoms with E-state index in [4.69, 9.17) is 5.73 Å². The zero-order chi connectivity index (χ0) is 15.8. The van der Waals surface area contributed by atoms with Crippen LogP contribution in [0.1, 0.15) is 16.7 Å². The van der Waals surface area contributed by atoms with E-state index in [9.17, 15) is 12.8 Å². The van der Waals surface area contributed by atoms with Gasteiger partial charge in [0.05, 0.1) is 16.3 Å². The first-order chi connectivity index (χ1) is 9.72. The van der Waals surface area contributed by atoms with Gasteiger partial charge in [-0.25, -0.2) is 12.8 Å². The second-order valence-corrected chi connectivity index (χ2v) is 6.63. The zero-order valence-electron chi connectivity index (χ0n) is 12.1. The summed E-state index contributed by atoms with van der Waals surface area (Å²) in [7, 11) is -3.83. The molecule has 4 nitrogen and oxygen atoms in total. The Morgan fingerprint density at radius 3 is 2.14 bits per heavy atom. The average Bonchev–Trinajstić information content (AvgIpc) is 2.32. The summed E-state index contributed by atoms with van der Waals surface area (Å²) in [4.78, 5) is 0.0755. The molecule has 0 aliphatic carbocycles. The van der Waals surface area contributed by atoms with Crippen LogP contribution in [-0.4, -0.2) is 8.42 Å². The maximum absolute atomic E-state index is 13.3. The number of hydrogen-bond donors (Lipinski definition) is 2. The second kappa shape index (κ2) is 5.37. The molecule has 21 heavy (non-hydrogen) atoms. The van der Waals surface area contributed by atoms with Gasteiger partial charge in [-0.2, -0.15) is 0 Å². The Balaban J connectivity index is 2.54. The Hall–Kier alpha value is -2.08. The van der Waals surface area contributed by atoms with Crippen molar-refractivity contribution in [3.05, 3.63) is 52.8 Å². The molecule has 0 heterocycles. The summed E-state index contributed by atoms with van der Waals surface area (Å²) < 4.78 is 41.0. The molecule has 3 N–H and O–H groups in total. The third kappa shape index (κ3) is 3.00. The number of sulfonamides is 1. The zero-order valence-corrected chi connectivity index (χ0v) is 12.9. The van der Waals surface area contributed by atoms with Crippen molar-refractivity contribution in [1.82, 2.24) is 0 Å². The molecule has 0 amide bonds. The normalized spacial score (nSPS) is 11.4. The van der Waals surface area contributed by atoms with Gasteiger partial charge in [0.25, 0.3) is 10.0 Å². The summed E-state index contributed by atoms with van der Waals surface area (Å²) in [5.41, 5.74) is 7.94. The predicted molar refractivity (Wildman–Crippen MR) is 82.3 cm³/mol. The number of anilines is 2. The molecule has 0 aliphatic rings. The maximum Gasteiger partial charge on any atom is 0.262 e. The van der Waals surface area contributed by atoms with Gasteiger partial charge in [-0.1, -0.05) is 12.1 Å². The maximum atomic E-state index is 13.3. The molecular weight excluding hydrogens is 291 g/mol. The van der Waals surface area contributed by atoms with Gasteiger partial charge < -0.3 is 5.73 Å². The Morgan fingerprint density at radius 2 is 1.62 bits per heavy atom. The second-order valence-electron chi connectivity index (χ2n) is 5.01. The van der Waals surface area contributed by atoms with Crippen LogP contribution in [0.25, 0.3) is 0 Å². The number of nitrogen functional groups attached to an aromatic ring is 1. The van der Waals surface area contributed by atoms with Crippen molar-refractivity contribution in [1.29, 1.82) is 0 Å². The van der Waals surface area contributed by atoms with Crippen molar-refractivity contribution in [2.24, 2.45) is 0 Å². The van der Waals surface area contributed by atoms with Crippen molar-refractivity contribution < 1.29 is 12.8 Å². The van der Waals surface area contributed by atoms with E-state index in [1.165, 1.54) is 12.1 Å². The van der Waals surface area contributed by atoms with Crippen molar-refractivity contribution in [3.8, 4) is 0 Å². The number of nitrogens with one attached hydrogen (secondary N) is 1. The van der Waals surface area contributed by atoms with E-state index in [-0.39, 0.29) is 4.90 Å². The minimum absolute atomic E-state index is 0.0755. The summed E-state index contributed by atoms with van der Waals surface area (Å²) in [5.74, 6) is -0.459. The van der Waals surface area contributed by atoms with Crippen LogP contribution in [0.2, 0.25) is 0 Å². The highest BCUT2D eigenvalue weighted by atomic mass is 32.2. The molecule has 0 unspecified atom stereocenters. The van der Waals surface area contributed by atoms with Gasteiger partial charge in [-0.3, -0.25) is 4.72 Å². The highest BCUT2D eigenvalue weighted by Gasteiger charge is 2.22. The molecule has 0 aromatic heterocycles. The smallest absolute Gasteiger partial charge is 0.262 e. The molecule has 0 saturated heterocycles. The van der Waals surface area contributed by atoms with E-state index in [2.05, 4.69) is 4.72 Å². The quantitative estimate of drug-likeness (QED) is 0.856. The molecule has 2 aromatic rings. The SMILES string of the molecule is Cc1cccc(N)c1NS(=O)(=O)c1c(C)cc(F)cc1C. The largest absolute Gasteiger partial charge is 0.397 e. The topological polar surface area (TPSA) is 72.2 Å². The number of nitrogens with two attached hydrogens (primary N) is 1. The number of halogens is 1. The van der Waals surface area contributed by atoms with E-state index in [0.717, 1.165) is 5.56 Å². The summed E-state index contributed by atoms with van der Waals surface area (Å²) in [6.45, 7) is 4.89. The lowest BCUT2D eigenvalue weighted by molar-refractivity contribution is 0.597. The Labute approximate surface area is 123 Å². The molecular formula is C15H17FN2O2S. The lowest BCUT2D eigenvalue weighted by Crippen LogP contribution is -2.17. The highest BCUT2D eigenvalue weighted by molar-refractivity contribution is 7.92. The van der Waals surface area contributed by atoms with Gasteiger partial charge in [0, 0.05) is 0 Å². The van der Waals surface area contributed by atoms with Gasteiger partial charge in [-0.05, 0) is 55.7 Å². The molecule has 112 valence electrons. The van der Waals surface area contributed by atoms with Gasteiger partial charge >= 0.3 is 0 Å². The molecule has 6 heteroatoms. The first-order valence-corrected chi connectivity index (χ1v) is 7.85. The van der Waals surface area contributed by atoms with Crippen LogP contribution in [0, 0.1) is 26.6 Å². The average molecular weight is 308 g/mol. The van der Waals surface area contributed by atoms with Crippen LogP contribution in [0.4, 0.5) is 15.8 Å². The van der Waals surface area contributed by atoms with Gasteiger partial charge in [0.15, 0.2) is 0 Å². The fourth-order valence-corrected chi connectivity index (χ4v) is 3.95. The minimum atomic E-state index is -3.83. The van der Waals surface area contributed by atoms with Crippen LogP contribution in [0.5, 0.6) is 0 Å². The van der Waals surface area contributed by atoms with Crippen LogP contribution in [0.15, 0.2) is 35.2 Å². The first-order valence-electron chi connectivity index (χ1n) is 6.37. The van der Waals surface area contributed by atoms with E-state index < -0.39 is 15.8 Å². The van der Waals surface area contributed by atoms with Crippen molar-refractivity contribution >= 4 is 21.4 Å². The lowest BCUT2D eigenvalue weighted by atomic mass is 10.1. The summed E-state index contributed by atoms with van der Waals surface area (Å²) in [5, 5.41) is 0. The standard InChI is InChI=1S/C15H17FN2O2S/c1-9-5-4-6-13(17)14(9)18-21(19,20)15-10(2)7-12(16)8-11(15)3/h4-8,18H,17H2,1-3H3. The molecule has 0 fully saturated rings. The van der Waals surface area contributed by atoms with Crippen LogP contribution >= 0.6 is 0 Å². The molecule has 0 spiro atoms. The van der Waals surface area contributed by atoms with Gasteiger partial charge in [0.2, 0.25) is 0 Å². The Morgan fingerprint density at radius 1 is 1.05 bits per heavy atom. The number of aryl methyl sites for hydroxylation is 3. The third-order valence-corrected chi connectivity index (χ3v) is 4.89. The Kier molecular flexibility index (Phi) is 3.91. The molecule has 0 saturated carbocycles. The minimum Gasteiger partial charge on any atom is -0.397 e. The van der Waals surface area contributed by atoms with Crippen LogP contribution in [0.3, 0.4) is 0 Å². The monoisotopic (exact) mass is 308 g/mol. The van der Waals surface area contributed by atoms with Crippen molar-refractivity contribution in [2.75, 3.05) is 10.5 Å². The molecule has 2 rings (SSSR count).